The van der Waals surface area contributed by atoms with E-state index >= 15 is 0 Å². The standard InChI is InChI=1S/C28H28F3N3O4/c1-17(28(29,30)31)33-23(14-16-38-2)34(32-15-13-22(35)26(36)25(32)27(33)37)24-20-9-5-3-7-18(20)11-12-19-8-4-6-10-21(19)24/h3-10,13,15,17,23-24,36H,11-12,14,16H2,1-2H3/t17-,23?/m1/s1. The molecule has 38 heavy (non-hydrogen) atoms. The number of fused-ring (bicyclic) bond motifs is 3. The fraction of sp³-hybridized carbons (Fsp3) is 0.357. The smallest absolute Gasteiger partial charge is 0.408 e. The number of aryl methyl sites for hydroxylation is 2. The number of hydrogen-bond acceptors (Lipinski definition) is 5. The fourth-order valence-corrected chi connectivity index (χ4v) is 5.60. The zero-order valence-electron chi connectivity index (χ0n) is 21.0. The number of amides is 1. The average molecular weight is 528 g/mol. The molecular formula is C28H28F3N3O4. The van der Waals surface area contributed by atoms with Crippen molar-refractivity contribution in [3.05, 3.63) is 99.0 Å². The maximum absolute atomic E-state index is 14.2. The molecule has 2 aliphatic rings. The minimum absolute atomic E-state index is 0.0514. The number of alkyl halides is 3. The van der Waals surface area contributed by atoms with E-state index in [1.165, 1.54) is 18.0 Å². The van der Waals surface area contributed by atoms with Crippen LogP contribution in [0.15, 0.2) is 65.6 Å². The van der Waals surface area contributed by atoms with E-state index in [4.69, 9.17) is 4.74 Å². The Balaban J connectivity index is 1.84. The summed E-state index contributed by atoms with van der Waals surface area (Å²) in [5.74, 6) is -1.96. The number of hydrogen-bond donors (Lipinski definition) is 1. The molecule has 2 aromatic carbocycles. The predicted molar refractivity (Wildman–Crippen MR) is 135 cm³/mol. The normalized spacial score (nSPS) is 18.4. The van der Waals surface area contributed by atoms with Gasteiger partial charge in [-0.1, -0.05) is 48.5 Å². The van der Waals surface area contributed by atoms with E-state index in [9.17, 15) is 27.9 Å². The van der Waals surface area contributed by atoms with Gasteiger partial charge in [0.25, 0.3) is 5.91 Å². The van der Waals surface area contributed by atoms with Crippen molar-refractivity contribution in [3.8, 4) is 5.75 Å². The summed E-state index contributed by atoms with van der Waals surface area (Å²) >= 11 is 0. The third-order valence-corrected chi connectivity index (χ3v) is 7.46. The second-order valence-electron chi connectivity index (χ2n) is 9.59. The number of carbonyl (C=O) groups excluding carboxylic acids is 1. The third kappa shape index (κ3) is 4.22. The third-order valence-electron chi connectivity index (χ3n) is 7.46. The van der Waals surface area contributed by atoms with Crippen molar-refractivity contribution in [1.29, 1.82) is 0 Å². The second-order valence-corrected chi connectivity index (χ2v) is 9.59. The molecule has 0 fully saturated rings. The molecule has 1 amide bonds. The number of ether oxygens (including phenoxy) is 1. The van der Waals surface area contributed by atoms with Crippen LogP contribution in [0.4, 0.5) is 13.2 Å². The number of methoxy groups -OCH3 is 1. The number of halogens is 3. The van der Waals surface area contributed by atoms with Crippen LogP contribution in [0.25, 0.3) is 0 Å². The van der Waals surface area contributed by atoms with Gasteiger partial charge in [-0.25, -0.2) is 0 Å². The summed E-state index contributed by atoms with van der Waals surface area (Å²) in [6, 6.07) is 13.7. The summed E-state index contributed by atoms with van der Waals surface area (Å²) < 4.78 is 49.2. The molecule has 0 saturated heterocycles. The molecule has 0 spiro atoms. The van der Waals surface area contributed by atoms with Crippen molar-refractivity contribution in [2.24, 2.45) is 0 Å². The average Bonchev–Trinajstić information content (AvgIpc) is 3.05. The Bertz CT molecular complexity index is 1370. The maximum Gasteiger partial charge on any atom is 0.408 e. The molecule has 0 bridgehead atoms. The topological polar surface area (TPSA) is 75.0 Å². The lowest BCUT2D eigenvalue weighted by Crippen LogP contribution is -2.66. The minimum atomic E-state index is -4.75. The van der Waals surface area contributed by atoms with E-state index in [1.807, 2.05) is 48.5 Å². The first kappa shape index (κ1) is 25.8. The molecule has 2 heterocycles. The van der Waals surface area contributed by atoms with Crippen molar-refractivity contribution < 1.29 is 27.8 Å². The molecule has 0 saturated carbocycles. The Hall–Kier alpha value is -3.79. The van der Waals surface area contributed by atoms with E-state index < -0.39 is 47.2 Å². The number of rotatable bonds is 5. The summed E-state index contributed by atoms with van der Waals surface area (Å²) in [7, 11) is 1.44. The molecule has 10 heteroatoms. The van der Waals surface area contributed by atoms with E-state index in [-0.39, 0.29) is 13.0 Å². The summed E-state index contributed by atoms with van der Waals surface area (Å²) in [5.41, 5.74) is 2.45. The number of carbonyl (C=O) groups is 1. The number of benzene rings is 2. The van der Waals surface area contributed by atoms with Crippen LogP contribution in [0.2, 0.25) is 0 Å². The van der Waals surface area contributed by atoms with Crippen LogP contribution in [0.5, 0.6) is 5.75 Å². The zero-order chi connectivity index (χ0) is 27.2. The van der Waals surface area contributed by atoms with Crippen molar-refractivity contribution in [1.82, 2.24) is 9.58 Å². The molecule has 0 radical (unpaired) electrons. The predicted octanol–water partition coefficient (Wildman–Crippen LogP) is 4.15. The molecule has 1 N–H and O–H groups in total. The highest BCUT2D eigenvalue weighted by Gasteiger charge is 2.51. The van der Waals surface area contributed by atoms with Gasteiger partial charge in [-0.05, 0) is 42.0 Å². The van der Waals surface area contributed by atoms with Gasteiger partial charge in [-0.2, -0.15) is 13.2 Å². The van der Waals surface area contributed by atoms with Gasteiger partial charge in [0.1, 0.15) is 12.2 Å². The van der Waals surface area contributed by atoms with E-state index in [1.54, 1.807) is 5.01 Å². The number of pyridine rings is 1. The lowest BCUT2D eigenvalue weighted by molar-refractivity contribution is -0.179. The van der Waals surface area contributed by atoms with Crippen LogP contribution in [-0.4, -0.2) is 52.7 Å². The van der Waals surface area contributed by atoms with Crippen LogP contribution < -0.4 is 10.4 Å². The molecule has 7 nitrogen and oxygen atoms in total. The van der Waals surface area contributed by atoms with Crippen LogP contribution in [-0.2, 0) is 17.6 Å². The lowest BCUT2D eigenvalue weighted by Gasteiger charge is -2.52. The first-order valence-corrected chi connectivity index (χ1v) is 12.4. The monoisotopic (exact) mass is 527 g/mol. The van der Waals surface area contributed by atoms with E-state index in [0.717, 1.165) is 53.0 Å². The maximum atomic E-state index is 14.2. The highest BCUT2D eigenvalue weighted by atomic mass is 19.4. The second kappa shape index (κ2) is 9.83. The van der Waals surface area contributed by atoms with Gasteiger partial charge < -0.3 is 14.7 Å². The quantitative estimate of drug-likeness (QED) is 0.540. The van der Waals surface area contributed by atoms with E-state index in [0.29, 0.717) is 0 Å². The first-order chi connectivity index (χ1) is 18.1. The molecule has 1 unspecified atom stereocenters. The Kier molecular flexibility index (Phi) is 6.68. The summed E-state index contributed by atoms with van der Waals surface area (Å²) in [6.45, 7) is 0.992. The highest BCUT2D eigenvalue weighted by Crippen LogP contribution is 2.42. The van der Waals surface area contributed by atoms with Crippen molar-refractivity contribution >= 4 is 5.91 Å². The zero-order valence-corrected chi connectivity index (χ0v) is 21.0. The van der Waals surface area contributed by atoms with Gasteiger partial charge in [0.15, 0.2) is 11.4 Å². The number of aromatic nitrogens is 1. The molecule has 5 rings (SSSR count). The Morgan fingerprint density at radius 1 is 1.00 bits per heavy atom. The van der Waals surface area contributed by atoms with Gasteiger partial charge in [0, 0.05) is 32.4 Å². The van der Waals surface area contributed by atoms with Crippen LogP contribution >= 0.6 is 0 Å². The Labute approximate surface area is 217 Å². The van der Waals surface area contributed by atoms with E-state index in [2.05, 4.69) is 0 Å². The Morgan fingerprint density at radius 2 is 1.58 bits per heavy atom. The fourth-order valence-electron chi connectivity index (χ4n) is 5.60. The molecule has 1 aromatic heterocycles. The number of aromatic hydroxyl groups is 1. The lowest BCUT2D eigenvalue weighted by atomic mass is 9.92. The molecule has 200 valence electrons. The van der Waals surface area contributed by atoms with Crippen LogP contribution in [0.1, 0.15) is 52.1 Å². The largest absolute Gasteiger partial charge is 0.502 e. The van der Waals surface area contributed by atoms with Crippen LogP contribution in [0.3, 0.4) is 0 Å². The highest BCUT2D eigenvalue weighted by molar-refractivity contribution is 5.96. The summed E-state index contributed by atoms with van der Waals surface area (Å²) in [5, 5.41) is 12.4. The SMILES string of the molecule is COCCC1N([C@H](C)C(F)(F)F)C(=O)c2c(O)c(=O)ccn2N1C1c2ccccc2CCc2ccccc21. The molecule has 2 atom stereocenters. The molecule has 3 aromatic rings. The van der Waals surface area contributed by atoms with Gasteiger partial charge in [-0.3, -0.25) is 19.3 Å². The summed E-state index contributed by atoms with van der Waals surface area (Å²) in [4.78, 5) is 26.8. The van der Waals surface area contributed by atoms with Gasteiger partial charge >= 0.3 is 6.18 Å². The summed E-state index contributed by atoms with van der Waals surface area (Å²) in [6.07, 6.45) is -3.01. The first-order valence-electron chi connectivity index (χ1n) is 12.4. The molecule has 1 aliphatic heterocycles. The Morgan fingerprint density at radius 3 is 2.13 bits per heavy atom. The van der Waals surface area contributed by atoms with Gasteiger partial charge in [0.2, 0.25) is 5.43 Å². The van der Waals surface area contributed by atoms with Gasteiger partial charge in [0.05, 0.1) is 6.04 Å². The van der Waals surface area contributed by atoms with Crippen LogP contribution in [0, 0.1) is 0 Å². The number of nitrogens with zero attached hydrogens (tertiary/aromatic N) is 3. The van der Waals surface area contributed by atoms with Crippen molar-refractivity contribution in [2.75, 3.05) is 18.7 Å². The van der Waals surface area contributed by atoms with Crippen molar-refractivity contribution in [2.45, 2.75) is 50.6 Å². The minimum Gasteiger partial charge on any atom is -0.502 e. The molecule has 1 aliphatic carbocycles. The van der Waals surface area contributed by atoms with Crippen molar-refractivity contribution in [3.63, 3.8) is 0 Å². The molecular weight excluding hydrogens is 499 g/mol. The van der Waals surface area contributed by atoms with Gasteiger partial charge in [-0.15, -0.1) is 0 Å².